The maximum absolute atomic E-state index is 13.4. The fraction of sp³-hybridized carbons (Fsp3) is 0.308. The molecule has 5 rings (SSSR count). The Labute approximate surface area is 223 Å². The van der Waals surface area contributed by atoms with E-state index in [2.05, 4.69) is 16.2 Å². The van der Waals surface area contributed by atoms with Crippen LogP contribution < -0.4 is 15.3 Å². The van der Waals surface area contributed by atoms with Crippen molar-refractivity contribution in [1.82, 2.24) is 14.8 Å². The minimum absolute atomic E-state index is 0.0518. The summed E-state index contributed by atoms with van der Waals surface area (Å²) in [6.07, 6.45) is 4.28. The van der Waals surface area contributed by atoms with E-state index in [-0.39, 0.29) is 21.7 Å². The SMILES string of the molecule is Cc1cc(C(C)Oc2ccc(Cl)nc2S(N)(=O)=O)c2oc(-c3cnn(CC4(C#N)CC4)c3)c(C)c(=O)c2c1. The lowest BCUT2D eigenvalue weighted by atomic mass is 10.0. The van der Waals surface area contributed by atoms with E-state index in [1.165, 1.54) is 12.1 Å². The van der Waals surface area contributed by atoms with Gasteiger partial charge >= 0.3 is 0 Å². The first-order valence-corrected chi connectivity index (χ1v) is 13.7. The van der Waals surface area contributed by atoms with E-state index in [0.29, 0.717) is 40.0 Å². The average Bonchev–Trinajstić information content (AvgIpc) is 3.49. The molecule has 3 aromatic heterocycles. The zero-order valence-electron chi connectivity index (χ0n) is 20.9. The molecule has 0 bridgehead atoms. The van der Waals surface area contributed by atoms with E-state index in [1.54, 1.807) is 37.0 Å². The highest BCUT2D eigenvalue weighted by molar-refractivity contribution is 7.89. The molecule has 1 atom stereocenters. The number of nitrogens with two attached hydrogens (primary N) is 1. The Balaban J connectivity index is 1.59. The Hall–Kier alpha value is -3.72. The predicted molar refractivity (Wildman–Crippen MR) is 140 cm³/mol. The molecule has 2 N–H and O–H groups in total. The number of benzene rings is 1. The van der Waals surface area contributed by atoms with Crippen molar-refractivity contribution in [1.29, 1.82) is 5.26 Å². The standard InChI is InChI=1S/C26H24ClN5O5S/c1-14-8-18(16(3)36-20-4-5-21(27)31-25(20)38(29,34)35)24-19(9-14)22(33)15(2)23(37-24)17-10-30-32(11-17)13-26(12-28)6-7-26/h4-5,8-11,16H,6-7,13H2,1-3H3,(H2,29,34,35). The van der Waals surface area contributed by atoms with Crippen LogP contribution in [0.5, 0.6) is 5.75 Å². The molecule has 3 heterocycles. The third kappa shape index (κ3) is 4.78. The number of nitriles is 1. The number of halogens is 1. The van der Waals surface area contributed by atoms with E-state index in [1.807, 2.05) is 13.0 Å². The highest BCUT2D eigenvalue weighted by Crippen LogP contribution is 2.46. The van der Waals surface area contributed by atoms with Gasteiger partial charge in [0.05, 0.1) is 35.2 Å². The molecule has 12 heteroatoms. The van der Waals surface area contributed by atoms with E-state index >= 15 is 0 Å². The molecule has 1 saturated carbocycles. The van der Waals surface area contributed by atoms with Crippen molar-refractivity contribution in [2.75, 3.05) is 0 Å². The van der Waals surface area contributed by atoms with Crippen molar-refractivity contribution in [3.8, 4) is 23.1 Å². The number of ether oxygens (including phenoxy) is 1. The highest BCUT2D eigenvalue weighted by atomic mass is 35.5. The fourth-order valence-electron chi connectivity index (χ4n) is 4.43. The fourth-order valence-corrected chi connectivity index (χ4v) is 5.25. The van der Waals surface area contributed by atoms with Crippen LogP contribution in [0.3, 0.4) is 0 Å². The number of fused-ring (bicyclic) bond motifs is 1. The molecule has 1 fully saturated rings. The zero-order chi connectivity index (χ0) is 27.4. The molecule has 1 aliphatic carbocycles. The van der Waals surface area contributed by atoms with Gasteiger partial charge in [-0.25, -0.2) is 18.5 Å². The van der Waals surface area contributed by atoms with Crippen molar-refractivity contribution in [3.63, 3.8) is 0 Å². The summed E-state index contributed by atoms with van der Waals surface area (Å²) in [5, 5.41) is 18.9. The van der Waals surface area contributed by atoms with Crippen molar-refractivity contribution >= 4 is 32.6 Å². The summed E-state index contributed by atoms with van der Waals surface area (Å²) in [7, 11) is -4.22. The van der Waals surface area contributed by atoms with E-state index < -0.39 is 21.2 Å². The molecule has 38 heavy (non-hydrogen) atoms. The Morgan fingerprint density at radius 3 is 2.71 bits per heavy atom. The van der Waals surface area contributed by atoms with Gasteiger partial charge in [0.15, 0.2) is 11.2 Å². The first-order chi connectivity index (χ1) is 17.9. The molecule has 10 nitrogen and oxygen atoms in total. The van der Waals surface area contributed by atoms with Gasteiger partial charge in [-0.3, -0.25) is 9.48 Å². The molecule has 0 saturated heterocycles. The molecule has 1 aromatic carbocycles. The van der Waals surface area contributed by atoms with E-state index in [4.69, 9.17) is 25.9 Å². The summed E-state index contributed by atoms with van der Waals surface area (Å²) >= 11 is 5.87. The number of nitrogens with zero attached hydrogens (tertiary/aromatic N) is 4. The molecule has 1 aliphatic rings. The van der Waals surface area contributed by atoms with Gasteiger partial charge in [0, 0.05) is 17.3 Å². The van der Waals surface area contributed by atoms with Crippen LogP contribution in [0.4, 0.5) is 0 Å². The van der Waals surface area contributed by atoms with Crippen LogP contribution in [0.2, 0.25) is 5.15 Å². The Morgan fingerprint density at radius 2 is 2.05 bits per heavy atom. The minimum Gasteiger partial charge on any atom is -0.483 e. The number of rotatable bonds is 7. The van der Waals surface area contributed by atoms with Crippen LogP contribution >= 0.6 is 11.6 Å². The maximum atomic E-state index is 13.4. The van der Waals surface area contributed by atoms with Crippen LogP contribution in [-0.2, 0) is 16.6 Å². The van der Waals surface area contributed by atoms with Gasteiger partial charge in [-0.05, 0) is 63.4 Å². The van der Waals surface area contributed by atoms with Gasteiger partial charge in [-0.1, -0.05) is 11.6 Å². The summed E-state index contributed by atoms with van der Waals surface area (Å²) in [4.78, 5) is 17.2. The Morgan fingerprint density at radius 1 is 1.32 bits per heavy atom. The lowest BCUT2D eigenvalue weighted by Crippen LogP contribution is -2.17. The quantitative estimate of drug-likeness (QED) is 0.330. The first kappa shape index (κ1) is 25.9. The molecular weight excluding hydrogens is 530 g/mol. The van der Waals surface area contributed by atoms with Gasteiger partial charge in [0.2, 0.25) is 5.03 Å². The molecule has 0 radical (unpaired) electrons. The topological polar surface area (TPSA) is 154 Å². The molecule has 1 unspecified atom stereocenters. The average molecular weight is 554 g/mol. The molecule has 0 aliphatic heterocycles. The number of hydrogen-bond donors (Lipinski definition) is 1. The second kappa shape index (κ2) is 9.23. The lowest BCUT2D eigenvalue weighted by Gasteiger charge is -2.19. The monoisotopic (exact) mass is 553 g/mol. The first-order valence-electron chi connectivity index (χ1n) is 11.8. The second-order valence-electron chi connectivity index (χ2n) is 9.68. The van der Waals surface area contributed by atoms with Crippen molar-refractivity contribution in [2.45, 2.75) is 51.3 Å². The number of aryl methyl sites for hydroxylation is 1. The predicted octanol–water partition coefficient (Wildman–Crippen LogP) is 4.41. The molecule has 0 spiro atoms. The highest BCUT2D eigenvalue weighted by Gasteiger charge is 2.43. The van der Waals surface area contributed by atoms with Crippen molar-refractivity contribution in [3.05, 3.63) is 68.7 Å². The van der Waals surface area contributed by atoms with Gasteiger partial charge < -0.3 is 9.15 Å². The second-order valence-corrected chi connectivity index (χ2v) is 11.5. The third-order valence-electron chi connectivity index (χ3n) is 6.65. The van der Waals surface area contributed by atoms with Crippen molar-refractivity contribution < 1.29 is 17.6 Å². The van der Waals surface area contributed by atoms with E-state index in [9.17, 15) is 18.5 Å². The zero-order valence-corrected chi connectivity index (χ0v) is 22.4. The number of primary sulfonamides is 1. The van der Waals surface area contributed by atoms with Gasteiger partial charge in [0.1, 0.15) is 22.6 Å². The largest absolute Gasteiger partial charge is 0.483 e. The van der Waals surface area contributed by atoms with Gasteiger partial charge in [-0.15, -0.1) is 0 Å². The van der Waals surface area contributed by atoms with E-state index in [0.717, 1.165) is 18.4 Å². The van der Waals surface area contributed by atoms with Crippen LogP contribution in [-0.4, -0.2) is 23.2 Å². The third-order valence-corrected chi connectivity index (χ3v) is 7.69. The van der Waals surface area contributed by atoms with Crippen molar-refractivity contribution in [2.24, 2.45) is 10.6 Å². The molecule has 196 valence electrons. The Kier molecular flexibility index (Phi) is 6.30. The molecular formula is C26H24ClN5O5S. The summed E-state index contributed by atoms with van der Waals surface area (Å²) in [5.74, 6) is 0.271. The summed E-state index contributed by atoms with van der Waals surface area (Å²) in [5.41, 5.74) is 2.06. The summed E-state index contributed by atoms with van der Waals surface area (Å²) in [6, 6.07) is 8.66. The summed E-state index contributed by atoms with van der Waals surface area (Å²) in [6.45, 7) is 5.70. The molecule has 0 amide bonds. The summed E-state index contributed by atoms with van der Waals surface area (Å²) < 4.78 is 38.2. The number of sulfonamides is 1. The number of pyridine rings is 1. The van der Waals surface area contributed by atoms with Gasteiger partial charge in [-0.2, -0.15) is 10.4 Å². The smallest absolute Gasteiger partial charge is 0.259 e. The minimum atomic E-state index is -4.22. The number of aromatic nitrogens is 3. The van der Waals surface area contributed by atoms with Crippen LogP contribution in [0.1, 0.15) is 42.6 Å². The van der Waals surface area contributed by atoms with Gasteiger partial charge in [0.25, 0.3) is 10.0 Å². The van der Waals surface area contributed by atoms with Crippen LogP contribution in [0, 0.1) is 30.6 Å². The van der Waals surface area contributed by atoms with Crippen LogP contribution in [0.25, 0.3) is 22.3 Å². The normalized spacial score (nSPS) is 15.3. The number of hydrogen-bond acceptors (Lipinski definition) is 8. The Bertz CT molecular complexity index is 1800. The lowest BCUT2D eigenvalue weighted by molar-refractivity contribution is 0.219. The van der Waals surface area contributed by atoms with Crippen LogP contribution in [0.15, 0.2) is 50.9 Å². The molecule has 4 aromatic rings. The maximum Gasteiger partial charge on any atom is 0.259 e.